The second kappa shape index (κ2) is 6.89. The topological polar surface area (TPSA) is 123 Å². The molecule has 0 fully saturated rings. The molecule has 4 rings (SSSR count). The van der Waals surface area contributed by atoms with Crippen molar-refractivity contribution in [2.24, 2.45) is 0 Å². The Kier molecular flexibility index (Phi) is 4.26. The van der Waals surface area contributed by atoms with Crippen LogP contribution >= 0.6 is 0 Å². The van der Waals surface area contributed by atoms with Crippen molar-refractivity contribution < 1.29 is 14.7 Å². The molecule has 2 aromatic heterocycles. The maximum absolute atomic E-state index is 12.7. The van der Waals surface area contributed by atoms with Crippen molar-refractivity contribution in [2.45, 2.75) is 12.5 Å². The Morgan fingerprint density at radius 3 is 2.68 bits per heavy atom. The van der Waals surface area contributed by atoms with Gasteiger partial charge in [0.2, 0.25) is 0 Å². The van der Waals surface area contributed by atoms with E-state index in [1.807, 2.05) is 30.3 Å². The first-order chi connectivity index (χ1) is 13.5. The molecular formula is C20H15N5O3. The van der Waals surface area contributed by atoms with Gasteiger partial charge in [0.25, 0.3) is 5.91 Å². The number of aromatic nitrogens is 3. The fraction of sp³-hybridized carbons (Fsp3) is 0.100. The summed E-state index contributed by atoms with van der Waals surface area (Å²) in [4.78, 5) is 28.4. The second-order valence-corrected chi connectivity index (χ2v) is 6.32. The van der Waals surface area contributed by atoms with Crippen LogP contribution in [0.1, 0.15) is 34.1 Å². The number of carboxylic acid groups (broad SMARTS) is 1. The smallest absolute Gasteiger partial charge is 0.305 e. The average Bonchev–Trinajstić information content (AvgIpc) is 3.25. The maximum atomic E-state index is 12.7. The van der Waals surface area contributed by atoms with E-state index in [2.05, 4.69) is 15.4 Å². The molecule has 8 nitrogen and oxygen atoms in total. The van der Waals surface area contributed by atoms with E-state index in [1.54, 1.807) is 34.8 Å². The molecule has 1 amide bonds. The van der Waals surface area contributed by atoms with Gasteiger partial charge in [-0.1, -0.05) is 24.3 Å². The van der Waals surface area contributed by atoms with E-state index < -0.39 is 17.9 Å². The zero-order valence-corrected chi connectivity index (χ0v) is 14.6. The predicted molar refractivity (Wildman–Crippen MR) is 101 cm³/mol. The van der Waals surface area contributed by atoms with Crippen molar-refractivity contribution in [3.8, 4) is 6.07 Å². The molecule has 1 unspecified atom stereocenters. The molecule has 2 aromatic carbocycles. The Labute approximate surface area is 159 Å². The number of carbonyl (C=O) groups is 2. The van der Waals surface area contributed by atoms with Crippen molar-refractivity contribution in [3.63, 3.8) is 0 Å². The van der Waals surface area contributed by atoms with Gasteiger partial charge in [0, 0.05) is 6.07 Å². The first kappa shape index (κ1) is 17.3. The quantitative estimate of drug-likeness (QED) is 0.496. The fourth-order valence-electron chi connectivity index (χ4n) is 3.11. The minimum absolute atomic E-state index is 0.275. The number of aliphatic carboxylic acids is 1. The molecule has 138 valence electrons. The molecule has 2 heterocycles. The molecule has 0 aliphatic carbocycles. The number of fused-ring (bicyclic) bond motifs is 3. The molecular weight excluding hydrogens is 358 g/mol. The molecule has 0 radical (unpaired) electrons. The van der Waals surface area contributed by atoms with Crippen LogP contribution in [0.4, 0.5) is 0 Å². The fourth-order valence-corrected chi connectivity index (χ4v) is 3.11. The number of benzene rings is 2. The van der Waals surface area contributed by atoms with Crippen LogP contribution in [0.5, 0.6) is 0 Å². The van der Waals surface area contributed by atoms with E-state index in [1.165, 1.54) is 0 Å². The first-order valence-corrected chi connectivity index (χ1v) is 8.54. The molecule has 0 saturated carbocycles. The third kappa shape index (κ3) is 3.17. The monoisotopic (exact) mass is 373 g/mol. The summed E-state index contributed by atoms with van der Waals surface area (Å²) in [5.74, 6) is -1.48. The lowest BCUT2D eigenvalue weighted by Gasteiger charge is -2.17. The molecule has 0 spiro atoms. The highest BCUT2D eigenvalue weighted by Gasteiger charge is 2.21. The van der Waals surface area contributed by atoms with Crippen LogP contribution < -0.4 is 5.32 Å². The number of nitrogens with one attached hydrogen (secondary N) is 2. The predicted octanol–water partition coefficient (Wildman–Crippen LogP) is 2.63. The number of amides is 1. The van der Waals surface area contributed by atoms with Gasteiger partial charge in [-0.05, 0) is 29.8 Å². The number of carboxylic acids is 1. The third-order valence-electron chi connectivity index (χ3n) is 4.46. The minimum Gasteiger partial charge on any atom is -0.481 e. The lowest BCUT2D eigenvalue weighted by atomic mass is 10.0. The van der Waals surface area contributed by atoms with E-state index in [0.717, 1.165) is 11.0 Å². The number of rotatable bonds is 5. The summed E-state index contributed by atoms with van der Waals surface area (Å²) in [7, 11) is 0. The van der Waals surface area contributed by atoms with Gasteiger partial charge < -0.3 is 10.4 Å². The maximum Gasteiger partial charge on any atom is 0.305 e. The van der Waals surface area contributed by atoms with E-state index in [9.17, 15) is 14.7 Å². The first-order valence-electron chi connectivity index (χ1n) is 8.54. The standard InChI is InChI=1S/C20H15N5O3/c21-11-12-5-7-13(8-6-12)15(10-19(26)27)23-20(28)16-9-18-22-14-3-1-2-4-17(14)25(18)24-16/h1-9,15,24H,10H2,(H,23,28)(H,26,27). The lowest BCUT2D eigenvalue weighted by molar-refractivity contribution is -0.137. The van der Waals surface area contributed by atoms with Crippen LogP contribution in [-0.4, -0.2) is 31.6 Å². The molecule has 0 saturated heterocycles. The Morgan fingerprint density at radius 2 is 1.96 bits per heavy atom. The minimum atomic E-state index is -1.04. The number of carbonyl (C=O) groups excluding carboxylic acids is 1. The number of hydrogen-bond acceptors (Lipinski definition) is 4. The number of imidazole rings is 1. The normalized spacial score (nSPS) is 12.0. The van der Waals surface area contributed by atoms with Gasteiger partial charge in [0.1, 0.15) is 5.69 Å². The van der Waals surface area contributed by atoms with Crippen LogP contribution in [0.3, 0.4) is 0 Å². The summed E-state index contributed by atoms with van der Waals surface area (Å²) in [5, 5.41) is 23.8. The summed E-state index contributed by atoms with van der Waals surface area (Å²) < 4.78 is 1.71. The van der Waals surface area contributed by atoms with Gasteiger partial charge in [-0.15, -0.1) is 0 Å². The van der Waals surface area contributed by atoms with Crippen molar-refractivity contribution in [3.05, 3.63) is 71.4 Å². The molecule has 0 aliphatic rings. The van der Waals surface area contributed by atoms with E-state index >= 15 is 0 Å². The van der Waals surface area contributed by atoms with Crippen LogP contribution in [0.2, 0.25) is 0 Å². The SMILES string of the molecule is N#Cc1ccc(C(CC(=O)O)NC(=O)c2cc3nc4ccccc4n3[nH]2)cc1. The number of nitrogens with zero attached hydrogens (tertiary/aromatic N) is 3. The number of hydrogen-bond donors (Lipinski definition) is 3. The number of aromatic amines is 1. The zero-order valence-electron chi connectivity index (χ0n) is 14.6. The van der Waals surface area contributed by atoms with Gasteiger partial charge in [-0.2, -0.15) is 5.26 Å². The van der Waals surface area contributed by atoms with Crippen LogP contribution in [-0.2, 0) is 4.79 Å². The zero-order chi connectivity index (χ0) is 19.7. The third-order valence-corrected chi connectivity index (χ3v) is 4.46. The Morgan fingerprint density at radius 1 is 1.21 bits per heavy atom. The molecule has 3 N–H and O–H groups in total. The van der Waals surface area contributed by atoms with Crippen LogP contribution in [0, 0.1) is 11.3 Å². The Balaban J connectivity index is 1.62. The molecule has 1 atom stereocenters. The average molecular weight is 373 g/mol. The van der Waals surface area contributed by atoms with Gasteiger partial charge in [-0.3, -0.25) is 14.7 Å². The molecule has 28 heavy (non-hydrogen) atoms. The molecule has 0 aliphatic heterocycles. The summed E-state index contributed by atoms with van der Waals surface area (Å²) >= 11 is 0. The highest BCUT2D eigenvalue weighted by atomic mass is 16.4. The van der Waals surface area contributed by atoms with E-state index in [-0.39, 0.29) is 12.1 Å². The van der Waals surface area contributed by atoms with Gasteiger partial charge in [-0.25, -0.2) is 9.50 Å². The van der Waals surface area contributed by atoms with Gasteiger partial charge in [0.15, 0.2) is 5.65 Å². The van der Waals surface area contributed by atoms with Gasteiger partial charge in [0.05, 0.1) is 35.1 Å². The molecule has 0 bridgehead atoms. The van der Waals surface area contributed by atoms with Crippen molar-refractivity contribution in [1.29, 1.82) is 5.26 Å². The summed E-state index contributed by atoms with van der Waals surface area (Å²) in [5.41, 5.74) is 3.59. The number of nitriles is 1. The lowest BCUT2D eigenvalue weighted by Crippen LogP contribution is -2.30. The second-order valence-electron chi connectivity index (χ2n) is 6.32. The van der Waals surface area contributed by atoms with Crippen molar-refractivity contribution in [1.82, 2.24) is 19.9 Å². The summed E-state index contributed by atoms with van der Waals surface area (Å²) in [6.07, 6.45) is -0.279. The summed E-state index contributed by atoms with van der Waals surface area (Å²) in [6, 6.07) is 16.9. The molecule has 8 heteroatoms. The summed E-state index contributed by atoms with van der Waals surface area (Å²) in [6.45, 7) is 0. The Bertz CT molecular complexity index is 1230. The van der Waals surface area contributed by atoms with Crippen LogP contribution in [0.25, 0.3) is 16.7 Å². The highest BCUT2D eigenvalue weighted by molar-refractivity contribution is 5.95. The van der Waals surface area contributed by atoms with Crippen molar-refractivity contribution >= 4 is 28.6 Å². The Hall–Kier alpha value is -4.12. The number of H-pyrrole nitrogens is 1. The number of para-hydroxylation sites is 2. The van der Waals surface area contributed by atoms with E-state index in [0.29, 0.717) is 16.8 Å². The van der Waals surface area contributed by atoms with Crippen molar-refractivity contribution in [2.75, 3.05) is 0 Å². The molecule has 4 aromatic rings. The van der Waals surface area contributed by atoms with Gasteiger partial charge >= 0.3 is 5.97 Å². The largest absolute Gasteiger partial charge is 0.481 e. The van der Waals surface area contributed by atoms with E-state index in [4.69, 9.17) is 5.26 Å². The highest BCUT2D eigenvalue weighted by Crippen LogP contribution is 2.20. The van der Waals surface area contributed by atoms with Crippen LogP contribution in [0.15, 0.2) is 54.6 Å².